The molecule has 0 atom stereocenters. The van der Waals surface area contributed by atoms with Crippen LogP contribution in [0.2, 0.25) is 0 Å². The molecule has 0 saturated carbocycles. The van der Waals surface area contributed by atoms with E-state index in [-0.39, 0.29) is 23.1 Å². The molecule has 1 heterocycles. The largest absolute Gasteiger partial charge is 0.507 e. The summed E-state index contributed by atoms with van der Waals surface area (Å²) in [4.78, 5) is 36.9. The van der Waals surface area contributed by atoms with Gasteiger partial charge in [-0.2, -0.15) is 0 Å². The maximum absolute atomic E-state index is 14.2. The van der Waals surface area contributed by atoms with Crippen LogP contribution in [0.4, 0.5) is 17.6 Å². The summed E-state index contributed by atoms with van der Waals surface area (Å²) in [6, 6.07) is 6.84. The van der Waals surface area contributed by atoms with Crippen LogP contribution < -0.4 is 5.56 Å². The number of aromatic nitrogens is 1. The van der Waals surface area contributed by atoms with E-state index in [1.54, 1.807) is 0 Å². The van der Waals surface area contributed by atoms with E-state index in [0.717, 1.165) is 28.8 Å². The van der Waals surface area contributed by atoms with Gasteiger partial charge in [0.2, 0.25) is 0 Å². The van der Waals surface area contributed by atoms with E-state index in [2.05, 4.69) is 0 Å². The summed E-state index contributed by atoms with van der Waals surface area (Å²) in [7, 11) is 0. The van der Waals surface area contributed by atoms with Gasteiger partial charge in [-0.05, 0) is 43.2 Å². The van der Waals surface area contributed by atoms with Gasteiger partial charge in [-0.15, -0.1) is 0 Å². The van der Waals surface area contributed by atoms with Gasteiger partial charge in [0.1, 0.15) is 29.0 Å². The number of carbonyl (C=O) groups excluding carboxylic acids is 2. The molecule has 0 aliphatic carbocycles. The molecular weight excluding hydrogens is 482 g/mol. The Morgan fingerprint density at radius 3 is 2.11 bits per heavy atom. The average Bonchev–Trinajstić information content (AvgIpc) is 2.78. The molecule has 0 spiro atoms. The van der Waals surface area contributed by atoms with Gasteiger partial charge < -0.3 is 14.4 Å². The van der Waals surface area contributed by atoms with Gasteiger partial charge in [0.25, 0.3) is 11.3 Å². The Hall–Kier alpha value is -4.21. The van der Waals surface area contributed by atoms with E-state index < -0.39 is 64.6 Å². The Labute approximate surface area is 203 Å². The molecule has 3 rings (SSSR count). The van der Waals surface area contributed by atoms with Crippen LogP contribution in [0.1, 0.15) is 36.1 Å². The molecule has 0 saturated heterocycles. The molecule has 0 radical (unpaired) electrons. The molecule has 0 unspecified atom stereocenters. The Kier molecular flexibility index (Phi) is 8.08. The summed E-state index contributed by atoms with van der Waals surface area (Å²) < 4.78 is 60.8. The van der Waals surface area contributed by atoms with E-state index in [1.807, 2.05) is 0 Å². The number of ether oxygens (including phenoxy) is 1. The Bertz CT molecular complexity index is 1410. The molecule has 0 aliphatic heterocycles. The molecular formula is C26H21F4NO5. The number of benzene rings is 2. The number of carbonyl (C=O) groups is 2. The van der Waals surface area contributed by atoms with Gasteiger partial charge in [-0.1, -0.05) is 12.1 Å². The second kappa shape index (κ2) is 11.0. The minimum absolute atomic E-state index is 0.0561. The number of hydrogen-bond donors (Lipinski definition) is 1. The fraction of sp³-hybridized carbons (Fsp3) is 0.192. The number of hydrogen-bond acceptors (Lipinski definition) is 5. The quantitative estimate of drug-likeness (QED) is 0.161. The molecule has 0 amide bonds. The number of aliphatic hydroxyl groups is 1. The van der Waals surface area contributed by atoms with Crippen molar-refractivity contribution in [3.8, 4) is 0 Å². The second-order valence-electron chi connectivity index (χ2n) is 8.19. The highest BCUT2D eigenvalue weighted by atomic mass is 19.1. The molecule has 3 aromatic rings. The van der Waals surface area contributed by atoms with Crippen LogP contribution >= 0.6 is 0 Å². The lowest BCUT2D eigenvalue weighted by atomic mass is 10.0. The first kappa shape index (κ1) is 26.4. The van der Waals surface area contributed by atoms with Crippen LogP contribution in [-0.4, -0.2) is 27.5 Å². The van der Waals surface area contributed by atoms with Crippen LogP contribution in [0, 0.1) is 23.3 Å². The molecule has 0 bridgehead atoms. The van der Waals surface area contributed by atoms with Crippen molar-refractivity contribution < 1.29 is 37.0 Å². The van der Waals surface area contributed by atoms with E-state index in [1.165, 1.54) is 26.1 Å². The highest BCUT2D eigenvalue weighted by Gasteiger charge is 2.19. The summed E-state index contributed by atoms with van der Waals surface area (Å²) in [6.07, 6.45) is 1.00. The zero-order chi connectivity index (χ0) is 26.6. The smallest absolute Gasteiger partial charge is 0.379 e. The maximum atomic E-state index is 14.2. The minimum atomic E-state index is -1.25. The number of halogens is 4. The number of aliphatic hydroxyl groups excluding tert-OH is 1. The van der Waals surface area contributed by atoms with Crippen molar-refractivity contribution in [3.63, 3.8) is 0 Å². The van der Waals surface area contributed by atoms with Crippen molar-refractivity contribution in [2.24, 2.45) is 0 Å². The summed E-state index contributed by atoms with van der Waals surface area (Å²) >= 11 is 0. The van der Waals surface area contributed by atoms with Crippen LogP contribution in [0.15, 0.2) is 59.5 Å². The molecule has 0 fully saturated rings. The molecule has 188 valence electrons. The second-order valence-corrected chi connectivity index (χ2v) is 8.19. The molecule has 1 aromatic heterocycles. The third-order valence-corrected chi connectivity index (χ3v) is 5.00. The number of ketones is 1. The van der Waals surface area contributed by atoms with Crippen molar-refractivity contribution in [2.45, 2.75) is 32.9 Å². The van der Waals surface area contributed by atoms with Crippen molar-refractivity contribution in [2.75, 3.05) is 0 Å². The fourth-order valence-electron chi connectivity index (χ4n) is 3.35. The Morgan fingerprint density at radius 1 is 0.972 bits per heavy atom. The van der Waals surface area contributed by atoms with Gasteiger partial charge in [-0.25, -0.2) is 22.4 Å². The normalized spacial score (nSPS) is 11.6. The lowest BCUT2D eigenvalue weighted by molar-refractivity contribution is -0.154. The molecule has 1 N–H and O–H groups in total. The van der Waals surface area contributed by atoms with Gasteiger partial charge >= 0.3 is 5.97 Å². The van der Waals surface area contributed by atoms with Gasteiger partial charge in [0.05, 0.1) is 18.2 Å². The van der Waals surface area contributed by atoms with Gasteiger partial charge in [-0.3, -0.25) is 9.59 Å². The van der Waals surface area contributed by atoms with Crippen molar-refractivity contribution in [3.05, 3.63) is 111 Å². The third-order valence-electron chi connectivity index (χ3n) is 5.00. The number of pyridine rings is 1. The molecule has 36 heavy (non-hydrogen) atoms. The SMILES string of the molecule is CC(C)OC(=O)C(=O)/C=C(\O)c1cc(Cc2ccc(F)cc2F)cn(Cc2ccc(F)cc2F)c1=O. The summed E-state index contributed by atoms with van der Waals surface area (Å²) in [5.41, 5.74) is -1.09. The zero-order valence-corrected chi connectivity index (χ0v) is 19.2. The summed E-state index contributed by atoms with van der Waals surface area (Å²) in [6.45, 7) is 2.63. The summed E-state index contributed by atoms with van der Waals surface area (Å²) in [5, 5.41) is 10.5. The summed E-state index contributed by atoms with van der Waals surface area (Å²) in [5.74, 6) is -6.75. The lowest BCUT2D eigenvalue weighted by Gasteiger charge is -2.13. The van der Waals surface area contributed by atoms with Crippen molar-refractivity contribution in [1.82, 2.24) is 4.57 Å². The predicted octanol–water partition coefficient (Wildman–Crippen LogP) is 4.46. The van der Waals surface area contributed by atoms with E-state index in [4.69, 9.17) is 4.74 Å². The number of rotatable bonds is 8. The van der Waals surface area contributed by atoms with Gasteiger partial charge in [0, 0.05) is 36.4 Å². The van der Waals surface area contributed by atoms with Crippen molar-refractivity contribution in [1.29, 1.82) is 0 Å². The molecule has 2 aromatic carbocycles. The van der Waals surface area contributed by atoms with Crippen LogP contribution in [0.5, 0.6) is 0 Å². The van der Waals surface area contributed by atoms with Crippen LogP contribution in [0.3, 0.4) is 0 Å². The minimum Gasteiger partial charge on any atom is -0.507 e. The fourth-order valence-corrected chi connectivity index (χ4v) is 3.35. The molecule has 0 aliphatic rings. The van der Waals surface area contributed by atoms with E-state index in [0.29, 0.717) is 18.2 Å². The molecule has 10 heteroatoms. The van der Waals surface area contributed by atoms with Gasteiger partial charge in [0.15, 0.2) is 0 Å². The molecule has 6 nitrogen and oxygen atoms in total. The highest BCUT2D eigenvalue weighted by molar-refractivity contribution is 6.39. The number of esters is 1. The van der Waals surface area contributed by atoms with E-state index in [9.17, 15) is 37.1 Å². The third kappa shape index (κ3) is 6.47. The first-order valence-corrected chi connectivity index (χ1v) is 10.7. The standard InChI is InChI=1S/C26H21F4NO5/c1-14(2)36-26(35)24(33)11-23(32)20-8-15(7-16-3-5-18(27)9-21(16)29)12-31(25(20)34)13-17-4-6-19(28)10-22(17)30/h3-6,8-12,14,32H,7,13H2,1-2H3/b23-11-. The average molecular weight is 503 g/mol. The van der Waals surface area contributed by atoms with Crippen LogP contribution in [0.25, 0.3) is 5.76 Å². The Balaban J connectivity index is 2.08. The maximum Gasteiger partial charge on any atom is 0.379 e. The Morgan fingerprint density at radius 2 is 1.56 bits per heavy atom. The van der Waals surface area contributed by atoms with Crippen molar-refractivity contribution >= 4 is 17.5 Å². The van der Waals surface area contributed by atoms with Crippen LogP contribution in [-0.2, 0) is 27.3 Å². The predicted molar refractivity (Wildman–Crippen MR) is 122 cm³/mol. The lowest BCUT2D eigenvalue weighted by Crippen LogP contribution is -2.25. The number of nitrogens with zero attached hydrogens (tertiary/aromatic N) is 1. The van der Waals surface area contributed by atoms with E-state index >= 15 is 0 Å². The zero-order valence-electron chi connectivity index (χ0n) is 19.2. The monoisotopic (exact) mass is 503 g/mol. The highest BCUT2D eigenvalue weighted by Crippen LogP contribution is 2.18. The topological polar surface area (TPSA) is 85.6 Å². The first-order chi connectivity index (χ1) is 16.9. The first-order valence-electron chi connectivity index (χ1n) is 10.7.